The molecule has 0 atom stereocenters. The van der Waals surface area contributed by atoms with Gasteiger partial charge in [0.05, 0.1) is 18.6 Å². The highest BCUT2D eigenvalue weighted by atomic mass is 32.1. The average molecular weight is 357 g/mol. The molecule has 2 heterocycles. The van der Waals surface area contributed by atoms with Crippen LogP contribution >= 0.6 is 11.3 Å². The number of thiophene rings is 1. The fraction of sp³-hybridized carbons (Fsp3) is 0.368. The van der Waals surface area contributed by atoms with Crippen LogP contribution in [0.15, 0.2) is 29.6 Å². The van der Waals surface area contributed by atoms with E-state index in [9.17, 15) is 5.11 Å². The summed E-state index contributed by atoms with van der Waals surface area (Å²) >= 11 is 1.63. The number of fused-ring (bicyclic) bond motifs is 1. The largest absolute Gasteiger partial charge is 0.494 e. The van der Waals surface area contributed by atoms with Crippen LogP contribution in [0.5, 0.6) is 5.75 Å². The van der Waals surface area contributed by atoms with Crippen LogP contribution in [0.1, 0.15) is 19.7 Å². The Labute approximate surface area is 151 Å². The van der Waals surface area contributed by atoms with Gasteiger partial charge in [-0.2, -0.15) is 0 Å². The maximum absolute atomic E-state index is 9.39. The van der Waals surface area contributed by atoms with Crippen LogP contribution in [0, 0.1) is 6.92 Å². The standard InChI is InChI=1S/C19H23N3O2S/c1-4-22(10-11-23)18-17-16(12-25-19(17)21-13(3)20-18)14-6-8-15(9-7-14)24-5-2/h6-9,12,23H,4-5,10-11H2,1-3H3. The third kappa shape index (κ3) is 3.60. The third-order valence-corrected chi connectivity index (χ3v) is 4.93. The SMILES string of the molecule is CCOc1ccc(-c2csc3nc(C)nc(N(CC)CCO)c23)cc1. The summed E-state index contributed by atoms with van der Waals surface area (Å²) in [5.41, 5.74) is 2.23. The molecule has 1 N–H and O–H groups in total. The minimum absolute atomic E-state index is 0.0981. The molecule has 5 nitrogen and oxygen atoms in total. The number of rotatable bonds is 7. The molecule has 0 bridgehead atoms. The van der Waals surface area contributed by atoms with E-state index in [4.69, 9.17) is 4.74 Å². The lowest BCUT2D eigenvalue weighted by Crippen LogP contribution is -2.27. The molecule has 25 heavy (non-hydrogen) atoms. The Morgan fingerprint density at radius 2 is 1.92 bits per heavy atom. The summed E-state index contributed by atoms with van der Waals surface area (Å²) in [6.07, 6.45) is 0. The molecular formula is C19H23N3O2S. The molecule has 0 radical (unpaired) electrons. The van der Waals surface area contributed by atoms with E-state index in [2.05, 4.69) is 39.3 Å². The highest BCUT2D eigenvalue weighted by Gasteiger charge is 2.18. The van der Waals surface area contributed by atoms with Gasteiger partial charge in [-0.1, -0.05) is 12.1 Å². The fourth-order valence-corrected chi connectivity index (χ4v) is 3.89. The zero-order valence-corrected chi connectivity index (χ0v) is 15.6. The minimum atomic E-state index is 0.0981. The first-order valence-corrected chi connectivity index (χ1v) is 9.40. The van der Waals surface area contributed by atoms with E-state index in [1.165, 1.54) is 0 Å². The van der Waals surface area contributed by atoms with Gasteiger partial charge in [0.1, 0.15) is 22.2 Å². The van der Waals surface area contributed by atoms with E-state index in [1.807, 2.05) is 26.0 Å². The number of aliphatic hydroxyl groups excluding tert-OH is 1. The van der Waals surface area contributed by atoms with Crippen LogP contribution in [0.3, 0.4) is 0 Å². The number of anilines is 1. The van der Waals surface area contributed by atoms with Crippen LogP contribution < -0.4 is 9.64 Å². The first kappa shape index (κ1) is 17.6. The lowest BCUT2D eigenvalue weighted by atomic mass is 10.1. The molecule has 0 aliphatic heterocycles. The van der Waals surface area contributed by atoms with E-state index in [1.54, 1.807) is 11.3 Å². The molecule has 0 aliphatic rings. The van der Waals surface area contributed by atoms with E-state index < -0.39 is 0 Å². The fourth-order valence-electron chi connectivity index (χ4n) is 2.90. The monoisotopic (exact) mass is 357 g/mol. The number of aliphatic hydroxyl groups is 1. The van der Waals surface area contributed by atoms with Gasteiger partial charge in [-0.15, -0.1) is 11.3 Å². The first-order chi connectivity index (χ1) is 12.2. The zero-order valence-electron chi connectivity index (χ0n) is 14.8. The topological polar surface area (TPSA) is 58.5 Å². The molecule has 0 fully saturated rings. The molecule has 6 heteroatoms. The first-order valence-electron chi connectivity index (χ1n) is 8.52. The van der Waals surface area contributed by atoms with Gasteiger partial charge in [-0.05, 0) is 38.5 Å². The average Bonchev–Trinajstić information content (AvgIpc) is 3.03. The second-order valence-electron chi connectivity index (χ2n) is 5.68. The van der Waals surface area contributed by atoms with Crippen molar-refractivity contribution in [2.45, 2.75) is 20.8 Å². The van der Waals surface area contributed by atoms with Crippen molar-refractivity contribution < 1.29 is 9.84 Å². The van der Waals surface area contributed by atoms with Crippen molar-refractivity contribution in [2.24, 2.45) is 0 Å². The van der Waals surface area contributed by atoms with Crippen LogP contribution in [-0.2, 0) is 0 Å². The predicted molar refractivity (Wildman–Crippen MR) is 104 cm³/mol. The van der Waals surface area contributed by atoms with Crippen LogP contribution in [0.25, 0.3) is 21.3 Å². The number of aromatic nitrogens is 2. The molecular weight excluding hydrogens is 334 g/mol. The van der Waals surface area contributed by atoms with Crippen molar-refractivity contribution in [2.75, 3.05) is 31.2 Å². The minimum Gasteiger partial charge on any atom is -0.494 e. The van der Waals surface area contributed by atoms with Gasteiger partial charge < -0.3 is 14.7 Å². The van der Waals surface area contributed by atoms with Gasteiger partial charge in [-0.3, -0.25) is 0 Å². The molecule has 0 saturated carbocycles. The molecule has 0 amide bonds. The van der Waals surface area contributed by atoms with Gasteiger partial charge in [0.25, 0.3) is 0 Å². The van der Waals surface area contributed by atoms with Crippen molar-refractivity contribution in [1.29, 1.82) is 0 Å². The number of ether oxygens (including phenoxy) is 1. The Morgan fingerprint density at radius 1 is 1.16 bits per heavy atom. The molecule has 132 valence electrons. The lowest BCUT2D eigenvalue weighted by Gasteiger charge is -2.22. The Morgan fingerprint density at radius 3 is 2.56 bits per heavy atom. The molecule has 0 spiro atoms. The quantitative estimate of drug-likeness (QED) is 0.695. The number of hydrogen-bond donors (Lipinski definition) is 1. The predicted octanol–water partition coefficient (Wildman–Crippen LogP) is 3.88. The second kappa shape index (κ2) is 7.80. The van der Waals surface area contributed by atoms with Crippen LogP contribution in [-0.4, -0.2) is 41.4 Å². The van der Waals surface area contributed by atoms with E-state index in [0.29, 0.717) is 13.2 Å². The molecule has 1 aromatic carbocycles. The smallest absolute Gasteiger partial charge is 0.141 e. The third-order valence-electron chi connectivity index (χ3n) is 4.05. The Kier molecular flexibility index (Phi) is 5.50. The number of aryl methyl sites for hydroxylation is 1. The van der Waals surface area contributed by atoms with Gasteiger partial charge >= 0.3 is 0 Å². The normalized spacial score (nSPS) is 11.0. The molecule has 0 saturated heterocycles. The Hall–Kier alpha value is -2.18. The van der Waals surface area contributed by atoms with Crippen LogP contribution in [0.4, 0.5) is 5.82 Å². The summed E-state index contributed by atoms with van der Waals surface area (Å²) in [7, 11) is 0. The summed E-state index contributed by atoms with van der Waals surface area (Å²) in [5, 5.41) is 12.6. The van der Waals surface area contributed by atoms with Crippen molar-refractivity contribution in [3.8, 4) is 16.9 Å². The molecule has 3 aromatic rings. The Bertz CT molecular complexity index is 846. The summed E-state index contributed by atoms with van der Waals surface area (Å²) in [6, 6.07) is 8.11. The number of hydrogen-bond acceptors (Lipinski definition) is 6. The molecule has 3 rings (SSSR count). The molecule has 2 aromatic heterocycles. The number of likely N-dealkylation sites (N-methyl/N-ethyl adjacent to an activating group) is 1. The Balaban J connectivity index is 2.13. The number of nitrogens with zero attached hydrogens (tertiary/aromatic N) is 3. The van der Waals surface area contributed by atoms with E-state index in [0.717, 1.165) is 45.3 Å². The maximum atomic E-state index is 9.39. The maximum Gasteiger partial charge on any atom is 0.141 e. The molecule has 0 unspecified atom stereocenters. The second-order valence-corrected chi connectivity index (χ2v) is 6.54. The van der Waals surface area contributed by atoms with Gasteiger partial charge in [-0.25, -0.2) is 9.97 Å². The highest BCUT2D eigenvalue weighted by Crippen LogP contribution is 2.38. The zero-order chi connectivity index (χ0) is 17.8. The lowest BCUT2D eigenvalue weighted by molar-refractivity contribution is 0.302. The highest BCUT2D eigenvalue weighted by molar-refractivity contribution is 7.17. The van der Waals surface area contributed by atoms with Crippen molar-refractivity contribution in [3.05, 3.63) is 35.5 Å². The van der Waals surface area contributed by atoms with Gasteiger partial charge in [0, 0.05) is 24.0 Å². The van der Waals surface area contributed by atoms with E-state index >= 15 is 0 Å². The number of benzene rings is 1. The van der Waals surface area contributed by atoms with Crippen LogP contribution in [0.2, 0.25) is 0 Å². The van der Waals surface area contributed by atoms with Crippen molar-refractivity contribution in [1.82, 2.24) is 9.97 Å². The summed E-state index contributed by atoms with van der Waals surface area (Å²) < 4.78 is 5.53. The molecule has 0 aliphatic carbocycles. The summed E-state index contributed by atoms with van der Waals surface area (Å²) in [4.78, 5) is 12.4. The van der Waals surface area contributed by atoms with Gasteiger partial charge in [0.2, 0.25) is 0 Å². The van der Waals surface area contributed by atoms with Gasteiger partial charge in [0.15, 0.2) is 0 Å². The van der Waals surface area contributed by atoms with E-state index in [-0.39, 0.29) is 6.61 Å². The summed E-state index contributed by atoms with van der Waals surface area (Å²) in [5.74, 6) is 2.51. The van der Waals surface area contributed by atoms with Crippen molar-refractivity contribution in [3.63, 3.8) is 0 Å². The van der Waals surface area contributed by atoms with Crippen molar-refractivity contribution >= 4 is 27.4 Å². The summed E-state index contributed by atoms with van der Waals surface area (Å²) in [6.45, 7) is 8.05.